The number of carbonyl (C=O) groups is 1. The van der Waals surface area contributed by atoms with Gasteiger partial charge in [0.15, 0.2) is 5.82 Å². The van der Waals surface area contributed by atoms with Gasteiger partial charge in [-0.3, -0.25) is 4.79 Å². The van der Waals surface area contributed by atoms with Gasteiger partial charge in [0.1, 0.15) is 11.3 Å². The summed E-state index contributed by atoms with van der Waals surface area (Å²) < 4.78 is 5.04. The van der Waals surface area contributed by atoms with Crippen molar-refractivity contribution in [3.8, 4) is 0 Å². The molecule has 1 aliphatic rings. The first-order valence-electron chi connectivity index (χ1n) is 8.34. The molecule has 0 bridgehead atoms. The van der Waals surface area contributed by atoms with Crippen molar-refractivity contribution >= 4 is 17.8 Å². The quantitative estimate of drug-likeness (QED) is 0.859. The Morgan fingerprint density at radius 1 is 1.20 bits per heavy atom. The van der Waals surface area contributed by atoms with Crippen LogP contribution in [0.4, 0.5) is 11.9 Å². The lowest BCUT2D eigenvalue weighted by Gasteiger charge is -2.18. The Labute approximate surface area is 146 Å². The van der Waals surface area contributed by atoms with Crippen LogP contribution in [0.3, 0.4) is 0 Å². The second kappa shape index (κ2) is 7.04. The first-order valence-corrected chi connectivity index (χ1v) is 8.34. The molecule has 1 fully saturated rings. The predicted octanol–water partition coefficient (Wildman–Crippen LogP) is 1.07. The SMILES string of the molecule is Cc1noc(C)c1C(=O)NCc1nc(N(C)C)nc(N2CCCC2)n1. The second-order valence-corrected chi connectivity index (χ2v) is 6.32. The van der Waals surface area contributed by atoms with Gasteiger partial charge in [0, 0.05) is 27.2 Å². The zero-order valence-electron chi connectivity index (χ0n) is 15.0. The van der Waals surface area contributed by atoms with Crippen molar-refractivity contribution in [3.05, 3.63) is 22.8 Å². The fourth-order valence-electron chi connectivity index (χ4n) is 2.79. The average molecular weight is 345 g/mol. The molecule has 0 saturated carbocycles. The number of nitrogens with one attached hydrogen (secondary N) is 1. The summed E-state index contributed by atoms with van der Waals surface area (Å²) in [6.45, 7) is 5.56. The number of aromatic nitrogens is 4. The Morgan fingerprint density at radius 3 is 2.52 bits per heavy atom. The molecule has 1 saturated heterocycles. The minimum absolute atomic E-state index is 0.215. The molecular weight excluding hydrogens is 322 g/mol. The van der Waals surface area contributed by atoms with Gasteiger partial charge in [-0.15, -0.1) is 0 Å². The van der Waals surface area contributed by atoms with Gasteiger partial charge in [-0.1, -0.05) is 5.16 Å². The number of rotatable bonds is 5. The highest BCUT2D eigenvalue weighted by Crippen LogP contribution is 2.18. The van der Waals surface area contributed by atoms with Crippen LogP contribution in [0.25, 0.3) is 0 Å². The summed E-state index contributed by atoms with van der Waals surface area (Å²) in [6.07, 6.45) is 2.28. The summed E-state index contributed by atoms with van der Waals surface area (Å²) in [7, 11) is 3.77. The standard InChI is InChI=1S/C16H23N7O2/c1-10-13(11(2)25-21-10)14(24)17-9-12-18-15(22(3)4)20-16(19-12)23-7-5-6-8-23/h5-9H2,1-4H3,(H,17,24). The summed E-state index contributed by atoms with van der Waals surface area (Å²) in [5.41, 5.74) is 1.03. The van der Waals surface area contributed by atoms with Crippen LogP contribution in [-0.2, 0) is 6.54 Å². The molecule has 2 aromatic heterocycles. The maximum atomic E-state index is 12.4. The molecule has 9 heteroatoms. The number of hydrogen-bond donors (Lipinski definition) is 1. The van der Waals surface area contributed by atoms with Crippen molar-refractivity contribution in [2.24, 2.45) is 0 Å². The van der Waals surface area contributed by atoms with E-state index in [1.807, 2.05) is 19.0 Å². The van der Waals surface area contributed by atoms with E-state index in [-0.39, 0.29) is 12.5 Å². The van der Waals surface area contributed by atoms with E-state index < -0.39 is 0 Å². The molecular formula is C16H23N7O2. The first-order chi connectivity index (χ1) is 12.0. The van der Waals surface area contributed by atoms with Crippen LogP contribution in [0.2, 0.25) is 0 Å². The lowest BCUT2D eigenvalue weighted by atomic mass is 10.2. The molecule has 134 valence electrons. The van der Waals surface area contributed by atoms with E-state index in [0.29, 0.717) is 34.7 Å². The molecule has 1 aliphatic heterocycles. The van der Waals surface area contributed by atoms with Gasteiger partial charge in [0.2, 0.25) is 11.9 Å². The molecule has 0 unspecified atom stereocenters. The van der Waals surface area contributed by atoms with Gasteiger partial charge in [-0.25, -0.2) is 0 Å². The van der Waals surface area contributed by atoms with Crippen molar-refractivity contribution in [2.75, 3.05) is 37.0 Å². The minimum atomic E-state index is -0.245. The molecule has 3 rings (SSSR count). The largest absolute Gasteiger partial charge is 0.361 e. The number of carbonyl (C=O) groups excluding carboxylic acids is 1. The van der Waals surface area contributed by atoms with Crippen molar-refractivity contribution < 1.29 is 9.32 Å². The molecule has 25 heavy (non-hydrogen) atoms. The maximum Gasteiger partial charge on any atom is 0.257 e. The van der Waals surface area contributed by atoms with E-state index in [2.05, 4.69) is 30.3 Å². The smallest absolute Gasteiger partial charge is 0.257 e. The average Bonchev–Trinajstić information content (AvgIpc) is 3.22. The van der Waals surface area contributed by atoms with Crippen LogP contribution in [0.15, 0.2) is 4.52 Å². The highest BCUT2D eigenvalue weighted by molar-refractivity contribution is 5.95. The van der Waals surface area contributed by atoms with E-state index >= 15 is 0 Å². The molecule has 1 N–H and O–H groups in total. The van der Waals surface area contributed by atoms with E-state index in [9.17, 15) is 4.79 Å². The Hall–Kier alpha value is -2.71. The normalized spacial score (nSPS) is 14.0. The van der Waals surface area contributed by atoms with E-state index in [1.54, 1.807) is 13.8 Å². The fourth-order valence-corrected chi connectivity index (χ4v) is 2.79. The Morgan fingerprint density at radius 2 is 1.92 bits per heavy atom. The highest BCUT2D eigenvalue weighted by atomic mass is 16.5. The first kappa shape index (κ1) is 17.1. The molecule has 0 spiro atoms. The van der Waals surface area contributed by atoms with Crippen LogP contribution in [0.5, 0.6) is 0 Å². The van der Waals surface area contributed by atoms with Crippen LogP contribution < -0.4 is 15.1 Å². The summed E-state index contributed by atoms with van der Waals surface area (Å²) >= 11 is 0. The highest BCUT2D eigenvalue weighted by Gasteiger charge is 2.20. The number of amides is 1. The maximum absolute atomic E-state index is 12.4. The number of aryl methyl sites for hydroxylation is 2. The molecule has 2 aromatic rings. The second-order valence-electron chi connectivity index (χ2n) is 6.32. The van der Waals surface area contributed by atoms with Gasteiger partial charge >= 0.3 is 0 Å². The van der Waals surface area contributed by atoms with Gasteiger partial charge < -0.3 is 19.6 Å². The summed E-state index contributed by atoms with van der Waals surface area (Å²) in [6, 6.07) is 0. The topological polar surface area (TPSA) is 100 Å². The molecule has 0 aromatic carbocycles. The molecule has 9 nitrogen and oxygen atoms in total. The zero-order chi connectivity index (χ0) is 18.0. The van der Waals surface area contributed by atoms with Crippen molar-refractivity contribution in [1.82, 2.24) is 25.4 Å². The Kier molecular flexibility index (Phi) is 4.82. The van der Waals surface area contributed by atoms with Gasteiger partial charge in [-0.2, -0.15) is 15.0 Å². The van der Waals surface area contributed by atoms with Crippen LogP contribution in [-0.4, -0.2) is 53.2 Å². The summed E-state index contributed by atoms with van der Waals surface area (Å²) in [5, 5.41) is 6.64. The van der Waals surface area contributed by atoms with Gasteiger partial charge in [0.05, 0.1) is 12.2 Å². The third kappa shape index (κ3) is 3.70. The zero-order valence-corrected chi connectivity index (χ0v) is 15.0. The van der Waals surface area contributed by atoms with Crippen LogP contribution in [0.1, 0.15) is 40.5 Å². The number of nitrogens with zero attached hydrogens (tertiary/aromatic N) is 6. The van der Waals surface area contributed by atoms with Crippen LogP contribution >= 0.6 is 0 Å². The molecule has 1 amide bonds. The third-order valence-corrected chi connectivity index (χ3v) is 4.11. The number of anilines is 2. The number of hydrogen-bond acceptors (Lipinski definition) is 8. The lowest BCUT2D eigenvalue weighted by Crippen LogP contribution is -2.28. The summed E-state index contributed by atoms with van der Waals surface area (Å²) in [5.74, 6) is 2.03. The molecule has 0 aliphatic carbocycles. The van der Waals surface area contributed by atoms with E-state index in [1.165, 1.54) is 0 Å². The minimum Gasteiger partial charge on any atom is -0.361 e. The monoisotopic (exact) mass is 345 g/mol. The fraction of sp³-hybridized carbons (Fsp3) is 0.562. The Bertz CT molecular complexity index is 746. The Balaban J connectivity index is 1.78. The third-order valence-electron chi connectivity index (χ3n) is 4.11. The molecule has 0 atom stereocenters. The van der Waals surface area contributed by atoms with E-state index in [4.69, 9.17) is 4.52 Å². The van der Waals surface area contributed by atoms with Crippen molar-refractivity contribution in [1.29, 1.82) is 0 Å². The van der Waals surface area contributed by atoms with Gasteiger partial charge in [0.25, 0.3) is 5.91 Å². The van der Waals surface area contributed by atoms with Crippen molar-refractivity contribution in [3.63, 3.8) is 0 Å². The van der Waals surface area contributed by atoms with Gasteiger partial charge in [-0.05, 0) is 26.7 Å². The predicted molar refractivity (Wildman–Crippen MR) is 92.7 cm³/mol. The molecule has 3 heterocycles. The lowest BCUT2D eigenvalue weighted by molar-refractivity contribution is 0.0948. The van der Waals surface area contributed by atoms with E-state index in [0.717, 1.165) is 25.9 Å². The van der Waals surface area contributed by atoms with Crippen LogP contribution in [0, 0.1) is 13.8 Å². The molecule has 0 radical (unpaired) electrons. The van der Waals surface area contributed by atoms with Crippen molar-refractivity contribution in [2.45, 2.75) is 33.2 Å². The summed E-state index contributed by atoms with van der Waals surface area (Å²) in [4.78, 5) is 29.8.